The molecule has 0 bridgehead atoms. The fourth-order valence-electron chi connectivity index (χ4n) is 0.947. The van der Waals surface area contributed by atoms with Gasteiger partial charge in [0.05, 0.1) is 0 Å². The molecule has 0 aromatic carbocycles. The topological polar surface area (TPSA) is 63.2 Å². The first kappa shape index (κ1) is 13.0. The standard InChI is InChI=1S/C9H15NO3S/c1-4-6-8(5-2)10-9(11)7-14(3,12)13/h1,8H,5-7H2,2-3H3,(H,10,11). The summed E-state index contributed by atoms with van der Waals surface area (Å²) in [6.45, 7) is 1.88. The summed E-state index contributed by atoms with van der Waals surface area (Å²) in [5.74, 6) is 1.45. The van der Waals surface area contributed by atoms with Gasteiger partial charge < -0.3 is 5.32 Å². The Morgan fingerprint density at radius 3 is 2.50 bits per heavy atom. The maximum atomic E-state index is 11.1. The molecular formula is C9H15NO3S. The molecule has 0 aliphatic rings. The molecule has 4 nitrogen and oxygen atoms in total. The van der Waals surface area contributed by atoms with E-state index in [9.17, 15) is 13.2 Å². The molecule has 80 valence electrons. The van der Waals surface area contributed by atoms with Crippen molar-refractivity contribution in [3.63, 3.8) is 0 Å². The molecule has 0 radical (unpaired) electrons. The zero-order chi connectivity index (χ0) is 11.2. The Labute approximate surface area is 85.0 Å². The number of hydrogen-bond acceptors (Lipinski definition) is 3. The summed E-state index contributed by atoms with van der Waals surface area (Å²) in [7, 11) is -3.26. The average molecular weight is 217 g/mol. The van der Waals surface area contributed by atoms with Crippen molar-refractivity contribution in [1.82, 2.24) is 5.32 Å². The highest BCUT2D eigenvalue weighted by atomic mass is 32.2. The molecule has 1 atom stereocenters. The van der Waals surface area contributed by atoms with E-state index in [1.54, 1.807) is 0 Å². The minimum atomic E-state index is -3.26. The Morgan fingerprint density at radius 2 is 2.14 bits per heavy atom. The third-order valence-electron chi connectivity index (χ3n) is 1.62. The summed E-state index contributed by atoms with van der Waals surface area (Å²) < 4.78 is 21.5. The normalized spacial score (nSPS) is 12.9. The Balaban J connectivity index is 4.12. The van der Waals surface area contributed by atoms with Crippen molar-refractivity contribution >= 4 is 15.7 Å². The molecule has 1 N–H and O–H groups in total. The Bertz CT molecular complexity index is 326. The van der Waals surface area contributed by atoms with Crippen LogP contribution in [0.4, 0.5) is 0 Å². The second kappa shape index (κ2) is 5.66. The summed E-state index contributed by atoms with van der Waals surface area (Å²) in [5, 5.41) is 2.56. The highest BCUT2D eigenvalue weighted by Crippen LogP contribution is 1.96. The SMILES string of the molecule is C#CCC(CC)NC(=O)CS(C)(=O)=O. The number of carbonyl (C=O) groups excluding carboxylic acids is 1. The van der Waals surface area contributed by atoms with E-state index >= 15 is 0 Å². The number of hydrogen-bond donors (Lipinski definition) is 1. The predicted octanol–water partition coefficient (Wildman–Crippen LogP) is -0.0509. The zero-order valence-electron chi connectivity index (χ0n) is 8.41. The molecule has 0 aromatic heterocycles. The quantitative estimate of drug-likeness (QED) is 0.657. The summed E-state index contributed by atoms with van der Waals surface area (Å²) >= 11 is 0. The van der Waals surface area contributed by atoms with Gasteiger partial charge in [-0.3, -0.25) is 4.79 Å². The van der Waals surface area contributed by atoms with E-state index in [1.807, 2.05) is 6.92 Å². The maximum absolute atomic E-state index is 11.1. The molecule has 0 aliphatic carbocycles. The van der Waals surface area contributed by atoms with Gasteiger partial charge in [0.2, 0.25) is 5.91 Å². The Kier molecular flexibility index (Phi) is 5.24. The number of nitrogens with one attached hydrogen (secondary N) is 1. The fraction of sp³-hybridized carbons (Fsp3) is 0.667. The van der Waals surface area contributed by atoms with Crippen molar-refractivity contribution in [3.8, 4) is 12.3 Å². The van der Waals surface area contributed by atoms with Gasteiger partial charge in [-0.2, -0.15) is 0 Å². The molecular weight excluding hydrogens is 202 g/mol. The van der Waals surface area contributed by atoms with Gasteiger partial charge in [0, 0.05) is 18.7 Å². The van der Waals surface area contributed by atoms with Gasteiger partial charge >= 0.3 is 0 Å². The monoisotopic (exact) mass is 217 g/mol. The molecule has 0 rings (SSSR count). The molecule has 0 fully saturated rings. The van der Waals surface area contributed by atoms with Crippen LogP contribution in [0.15, 0.2) is 0 Å². The van der Waals surface area contributed by atoms with E-state index in [4.69, 9.17) is 6.42 Å². The summed E-state index contributed by atoms with van der Waals surface area (Å²) in [4.78, 5) is 11.1. The van der Waals surface area contributed by atoms with Crippen LogP contribution >= 0.6 is 0 Å². The molecule has 0 spiro atoms. The molecule has 0 heterocycles. The summed E-state index contributed by atoms with van der Waals surface area (Å²) in [6.07, 6.45) is 7.23. The van der Waals surface area contributed by atoms with Crippen LogP contribution in [0.1, 0.15) is 19.8 Å². The van der Waals surface area contributed by atoms with Gasteiger partial charge in [0.15, 0.2) is 9.84 Å². The lowest BCUT2D eigenvalue weighted by Gasteiger charge is -2.13. The first-order valence-electron chi connectivity index (χ1n) is 4.29. The van der Waals surface area contributed by atoms with Crippen molar-refractivity contribution in [3.05, 3.63) is 0 Å². The summed E-state index contributed by atoms with van der Waals surface area (Å²) in [5.41, 5.74) is 0. The van der Waals surface area contributed by atoms with E-state index in [0.717, 1.165) is 6.26 Å². The molecule has 1 unspecified atom stereocenters. The first-order valence-corrected chi connectivity index (χ1v) is 6.35. The molecule has 0 saturated heterocycles. The van der Waals surface area contributed by atoms with Crippen LogP contribution < -0.4 is 5.32 Å². The lowest BCUT2D eigenvalue weighted by molar-refractivity contribution is -0.119. The molecule has 1 amide bonds. The van der Waals surface area contributed by atoms with Crippen LogP contribution in [0.3, 0.4) is 0 Å². The average Bonchev–Trinajstić information content (AvgIpc) is 2.00. The van der Waals surface area contributed by atoms with E-state index in [2.05, 4.69) is 11.2 Å². The smallest absolute Gasteiger partial charge is 0.235 e. The van der Waals surface area contributed by atoms with Crippen LogP contribution in [0, 0.1) is 12.3 Å². The third-order valence-corrected chi connectivity index (χ3v) is 2.40. The van der Waals surface area contributed by atoms with E-state index in [0.29, 0.717) is 12.8 Å². The van der Waals surface area contributed by atoms with Crippen molar-refractivity contribution in [1.29, 1.82) is 0 Å². The molecule has 0 aliphatic heterocycles. The van der Waals surface area contributed by atoms with Gasteiger partial charge in [-0.25, -0.2) is 8.42 Å². The number of terminal acetylenes is 1. The largest absolute Gasteiger partial charge is 0.352 e. The van der Waals surface area contributed by atoms with Crippen molar-refractivity contribution < 1.29 is 13.2 Å². The summed E-state index contributed by atoms with van der Waals surface area (Å²) in [6, 6.07) is -0.130. The minimum Gasteiger partial charge on any atom is -0.352 e. The van der Waals surface area contributed by atoms with E-state index in [-0.39, 0.29) is 6.04 Å². The van der Waals surface area contributed by atoms with Gasteiger partial charge in [-0.15, -0.1) is 12.3 Å². The molecule has 0 saturated carbocycles. The van der Waals surface area contributed by atoms with Crippen LogP contribution in [0.2, 0.25) is 0 Å². The number of amides is 1. The lowest BCUT2D eigenvalue weighted by Crippen LogP contribution is -2.37. The van der Waals surface area contributed by atoms with Crippen molar-refractivity contribution in [2.24, 2.45) is 0 Å². The lowest BCUT2D eigenvalue weighted by atomic mass is 10.1. The van der Waals surface area contributed by atoms with Crippen molar-refractivity contribution in [2.45, 2.75) is 25.8 Å². The van der Waals surface area contributed by atoms with Gasteiger partial charge in [-0.1, -0.05) is 6.92 Å². The van der Waals surface area contributed by atoms with Gasteiger partial charge in [0.1, 0.15) is 5.75 Å². The van der Waals surface area contributed by atoms with Crippen molar-refractivity contribution in [2.75, 3.05) is 12.0 Å². The Hall–Kier alpha value is -1.02. The number of sulfone groups is 1. The second-order valence-electron chi connectivity index (χ2n) is 3.15. The van der Waals surface area contributed by atoms with Crippen LogP contribution in [-0.4, -0.2) is 32.4 Å². The first-order chi connectivity index (χ1) is 6.39. The number of carbonyl (C=O) groups is 1. The number of rotatable bonds is 5. The van der Waals surface area contributed by atoms with Crippen LogP contribution in [0.5, 0.6) is 0 Å². The molecule has 14 heavy (non-hydrogen) atoms. The van der Waals surface area contributed by atoms with E-state index in [1.165, 1.54) is 0 Å². The molecule has 0 aromatic rings. The highest BCUT2D eigenvalue weighted by Gasteiger charge is 2.13. The highest BCUT2D eigenvalue weighted by molar-refractivity contribution is 7.91. The van der Waals surface area contributed by atoms with Crippen LogP contribution in [0.25, 0.3) is 0 Å². The van der Waals surface area contributed by atoms with Gasteiger partial charge in [-0.05, 0) is 6.42 Å². The van der Waals surface area contributed by atoms with Crippen LogP contribution in [-0.2, 0) is 14.6 Å². The minimum absolute atomic E-state index is 0.130. The van der Waals surface area contributed by atoms with Gasteiger partial charge in [0.25, 0.3) is 0 Å². The zero-order valence-corrected chi connectivity index (χ0v) is 9.23. The fourth-order valence-corrected chi connectivity index (χ4v) is 1.51. The third kappa shape index (κ3) is 6.49. The van der Waals surface area contributed by atoms with E-state index < -0.39 is 21.5 Å². The molecule has 5 heteroatoms. The predicted molar refractivity (Wildman–Crippen MR) is 55.4 cm³/mol. The maximum Gasteiger partial charge on any atom is 0.235 e. The Morgan fingerprint density at radius 1 is 1.57 bits per heavy atom. The second-order valence-corrected chi connectivity index (χ2v) is 5.29.